The fourth-order valence-corrected chi connectivity index (χ4v) is 2.93. The standard InChI is InChI=1S/C22H25ClN4O3/c1-15(2)30-20-5-3-4-17(10-20)21(28)13-25-22(29)24-11-16-12-26-27(14-16)19-8-6-18(23)7-9-19/h3-10,12,14-15,21,28H,11,13H2,1-2H3,(H2,24,25,29). The molecular formula is C22H25ClN4O3. The van der Waals surface area contributed by atoms with E-state index in [0.717, 1.165) is 11.3 Å². The van der Waals surface area contributed by atoms with Crippen LogP contribution in [0.25, 0.3) is 5.69 Å². The summed E-state index contributed by atoms with van der Waals surface area (Å²) in [7, 11) is 0. The molecule has 0 aliphatic carbocycles. The molecule has 2 aromatic carbocycles. The molecule has 8 heteroatoms. The number of benzene rings is 2. The molecular weight excluding hydrogens is 404 g/mol. The summed E-state index contributed by atoms with van der Waals surface area (Å²) >= 11 is 5.90. The molecule has 0 fully saturated rings. The molecule has 0 radical (unpaired) electrons. The Hall–Kier alpha value is -3.03. The number of aliphatic hydroxyl groups is 1. The summed E-state index contributed by atoms with van der Waals surface area (Å²) in [6.45, 7) is 4.27. The van der Waals surface area contributed by atoms with Crippen molar-refractivity contribution in [3.8, 4) is 11.4 Å². The lowest BCUT2D eigenvalue weighted by molar-refractivity contribution is 0.172. The largest absolute Gasteiger partial charge is 0.491 e. The van der Waals surface area contributed by atoms with E-state index in [2.05, 4.69) is 15.7 Å². The van der Waals surface area contributed by atoms with Crippen LogP contribution in [0.5, 0.6) is 5.75 Å². The van der Waals surface area contributed by atoms with Crippen molar-refractivity contribution in [2.75, 3.05) is 6.54 Å². The third-order valence-corrected chi connectivity index (χ3v) is 4.50. The van der Waals surface area contributed by atoms with Gasteiger partial charge < -0.3 is 20.5 Å². The van der Waals surface area contributed by atoms with Gasteiger partial charge in [0, 0.05) is 29.9 Å². The second-order valence-corrected chi connectivity index (χ2v) is 7.52. The first-order chi connectivity index (χ1) is 14.4. The number of nitrogens with zero attached hydrogens (tertiary/aromatic N) is 2. The van der Waals surface area contributed by atoms with Crippen LogP contribution in [0.1, 0.15) is 31.1 Å². The molecule has 1 heterocycles. The van der Waals surface area contributed by atoms with Gasteiger partial charge in [-0.15, -0.1) is 0 Å². The van der Waals surface area contributed by atoms with Crippen LogP contribution in [0, 0.1) is 0 Å². The number of urea groups is 1. The average Bonchev–Trinajstić information content (AvgIpc) is 3.20. The molecule has 0 spiro atoms. The second-order valence-electron chi connectivity index (χ2n) is 7.09. The van der Waals surface area contributed by atoms with Gasteiger partial charge in [0.15, 0.2) is 0 Å². The molecule has 1 atom stereocenters. The minimum absolute atomic E-state index is 0.0466. The van der Waals surface area contributed by atoms with Gasteiger partial charge >= 0.3 is 6.03 Å². The van der Waals surface area contributed by atoms with Gasteiger partial charge in [-0.3, -0.25) is 0 Å². The van der Waals surface area contributed by atoms with Crippen LogP contribution >= 0.6 is 11.6 Å². The Labute approximate surface area is 180 Å². The minimum Gasteiger partial charge on any atom is -0.491 e. The van der Waals surface area contributed by atoms with E-state index in [1.54, 1.807) is 35.1 Å². The van der Waals surface area contributed by atoms with Crippen molar-refractivity contribution in [1.82, 2.24) is 20.4 Å². The van der Waals surface area contributed by atoms with Crippen LogP contribution < -0.4 is 15.4 Å². The van der Waals surface area contributed by atoms with Crippen LogP contribution in [-0.2, 0) is 6.54 Å². The van der Waals surface area contributed by atoms with Gasteiger partial charge in [-0.2, -0.15) is 5.10 Å². The lowest BCUT2D eigenvalue weighted by Crippen LogP contribution is -2.37. The van der Waals surface area contributed by atoms with E-state index in [1.807, 2.05) is 44.3 Å². The minimum atomic E-state index is -0.834. The van der Waals surface area contributed by atoms with Crippen molar-refractivity contribution in [2.24, 2.45) is 0 Å². The summed E-state index contributed by atoms with van der Waals surface area (Å²) < 4.78 is 7.34. The first kappa shape index (κ1) is 21.7. The molecule has 1 unspecified atom stereocenters. The normalized spacial score (nSPS) is 11.9. The summed E-state index contributed by atoms with van der Waals surface area (Å²) in [6.07, 6.45) is 2.73. The van der Waals surface area contributed by atoms with Crippen molar-refractivity contribution < 1.29 is 14.6 Å². The molecule has 7 nitrogen and oxygen atoms in total. The molecule has 1 aromatic heterocycles. The number of aromatic nitrogens is 2. The number of carbonyl (C=O) groups excluding carboxylic acids is 1. The quantitative estimate of drug-likeness (QED) is 0.508. The maximum Gasteiger partial charge on any atom is 0.315 e. The number of carbonyl (C=O) groups is 1. The third-order valence-electron chi connectivity index (χ3n) is 4.25. The molecule has 0 saturated heterocycles. The predicted molar refractivity (Wildman–Crippen MR) is 116 cm³/mol. The molecule has 3 N–H and O–H groups in total. The van der Waals surface area contributed by atoms with Crippen LogP contribution in [-0.4, -0.2) is 33.6 Å². The topological polar surface area (TPSA) is 88.4 Å². The van der Waals surface area contributed by atoms with Gasteiger partial charge in [0.05, 0.1) is 24.1 Å². The Bertz CT molecular complexity index is 973. The molecule has 158 valence electrons. The van der Waals surface area contributed by atoms with Crippen LogP contribution in [0.4, 0.5) is 4.79 Å². The summed E-state index contributed by atoms with van der Waals surface area (Å²) in [5.41, 5.74) is 2.40. The van der Waals surface area contributed by atoms with E-state index in [9.17, 15) is 9.90 Å². The van der Waals surface area contributed by atoms with Crippen LogP contribution in [0.15, 0.2) is 60.9 Å². The Balaban J connectivity index is 1.46. The van der Waals surface area contributed by atoms with Crippen LogP contribution in [0.3, 0.4) is 0 Å². The monoisotopic (exact) mass is 428 g/mol. The lowest BCUT2D eigenvalue weighted by Gasteiger charge is -2.15. The number of rotatable bonds is 8. The molecule has 0 aliphatic rings. The van der Waals surface area contributed by atoms with E-state index < -0.39 is 6.10 Å². The van der Waals surface area contributed by atoms with Crippen molar-refractivity contribution in [1.29, 1.82) is 0 Å². The number of amides is 2. The highest BCUT2D eigenvalue weighted by Crippen LogP contribution is 2.20. The fraction of sp³-hybridized carbons (Fsp3) is 0.273. The number of ether oxygens (including phenoxy) is 1. The lowest BCUT2D eigenvalue weighted by atomic mass is 10.1. The second kappa shape index (κ2) is 10.1. The van der Waals surface area contributed by atoms with Gasteiger partial charge in [0.25, 0.3) is 0 Å². The third kappa shape index (κ3) is 6.23. The summed E-state index contributed by atoms with van der Waals surface area (Å²) in [4.78, 5) is 12.1. The highest BCUT2D eigenvalue weighted by atomic mass is 35.5. The zero-order valence-electron chi connectivity index (χ0n) is 16.9. The Morgan fingerprint density at radius 2 is 1.97 bits per heavy atom. The average molecular weight is 429 g/mol. The molecule has 0 saturated carbocycles. The Morgan fingerprint density at radius 3 is 2.70 bits per heavy atom. The smallest absolute Gasteiger partial charge is 0.315 e. The predicted octanol–water partition coefficient (Wildman–Crippen LogP) is 3.85. The van der Waals surface area contributed by atoms with E-state index >= 15 is 0 Å². The van der Waals surface area contributed by atoms with E-state index in [0.29, 0.717) is 22.9 Å². The molecule has 3 rings (SSSR count). The van der Waals surface area contributed by atoms with E-state index in [4.69, 9.17) is 16.3 Å². The SMILES string of the molecule is CC(C)Oc1cccc(C(O)CNC(=O)NCc2cnn(-c3ccc(Cl)cc3)c2)c1. The summed E-state index contributed by atoms with van der Waals surface area (Å²) in [5, 5.41) is 20.7. The Kier molecular flexibility index (Phi) is 7.32. The molecule has 30 heavy (non-hydrogen) atoms. The summed E-state index contributed by atoms with van der Waals surface area (Å²) in [5.74, 6) is 0.684. The number of halogens is 1. The zero-order valence-corrected chi connectivity index (χ0v) is 17.6. The molecule has 3 aromatic rings. The summed E-state index contributed by atoms with van der Waals surface area (Å²) in [6, 6.07) is 14.2. The maximum absolute atomic E-state index is 12.1. The highest BCUT2D eigenvalue weighted by molar-refractivity contribution is 6.30. The van der Waals surface area contributed by atoms with Crippen molar-refractivity contribution in [3.63, 3.8) is 0 Å². The number of hydrogen-bond donors (Lipinski definition) is 3. The van der Waals surface area contributed by atoms with Crippen molar-refractivity contribution >= 4 is 17.6 Å². The maximum atomic E-state index is 12.1. The highest BCUT2D eigenvalue weighted by Gasteiger charge is 2.11. The van der Waals surface area contributed by atoms with Gasteiger partial charge in [-0.25, -0.2) is 9.48 Å². The van der Waals surface area contributed by atoms with Gasteiger partial charge in [0.1, 0.15) is 5.75 Å². The fourth-order valence-electron chi connectivity index (χ4n) is 2.81. The number of aliphatic hydroxyl groups excluding tert-OH is 1. The first-order valence-electron chi connectivity index (χ1n) is 9.66. The van der Waals surface area contributed by atoms with E-state index in [1.165, 1.54) is 0 Å². The van der Waals surface area contributed by atoms with Crippen LogP contribution in [0.2, 0.25) is 5.02 Å². The first-order valence-corrected chi connectivity index (χ1v) is 10.0. The van der Waals surface area contributed by atoms with Gasteiger partial charge in [-0.1, -0.05) is 23.7 Å². The van der Waals surface area contributed by atoms with Crippen molar-refractivity contribution in [2.45, 2.75) is 32.6 Å². The molecule has 0 aliphatic heterocycles. The number of hydrogen-bond acceptors (Lipinski definition) is 4. The zero-order chi connectivity index (χ0) is 21.5. The molecule has 0 bridgehead atoms. The Morgan fingerprint density at radius 1 is 1.20 bits per heavy atom. The molecule has 2 amide bonds. The van der Waals surface area contributed by atoms with Gasteiger partial charge in [-0.05, 0) is 55.8 Å². The van der Waals surface area contributed by atoms with Crippen molar-refractivity contribution in [3.05, 3.63) is 77.1 Å². The van der Waals surface area contributed by atoms with Gasteiger partial charge in [0.2, 0.25) is 0 Å². The number of nitrogens with one attached hydrogen (secondary N) is 2. The van der Waals surface area contributed by atoms with E-state index in [-0.39, 0.29) is 18.7 Å².